The molecule has 134 valence electrons. The molecule has 0 heterocycles. The van der Waals surface area contributed by atoms with Crippen LogP contribution in [0.3, 0.4) is 0 Å². The fourth-order valence-corrected chi connectivity index (χ4v) is 3.20. The van der Waals surface area contributed by atoms with Gasteiger partial charge in [-0.25, -0.2) is 4.79 Å². The van der Waals surface area contributed by atoms with Crippen molar-refractivity contribution in [2.45, 2.75) is 5.75 Å². The van der Waals surface area contributed by atoms with E-state index in [1.54, 1.807) is 11.9 Å². The Kier molecular flexibility index (Phi) is 7.98. The number of amides is 2. The molecule has 0 aromatic heterocycles. The van der Waals surface area contributed by atoms with Gasteiger partial charge >= 0.3 is 6.03 Å². The molecule has 6 heteroatoms. The smallest absolute Gasteiger partial charge is 0.317 e. The molecule has 0 saturated heterocycles. The molecule has 5 nitrogen and oxygen atoms in total. The van der Waals surface area contributed by atoms with Crippen molar-refractivity contribution in [2.75, 3.05) is 32.5 Å². The standard InChI is InChI=1S/C19H24N2O3S/c1-21(13-14-24-18-10-6-3-7-11-18)19(22)20-12-15-25(23)16-17-8-4-2-5-9-17/h2-11H,12-16H2,1H3,(H,20,22). The van der Waals surface area contributed by atoms with Gasteiger partial charge in [0.15, 0.2) is 0 Å². The highest BCUT2D eigenvalue weighted by molar-refractivity contribution is 7.84. The quantitative estimate of drug-likeness (QED) is 0.748. The van der Waals surface area contributed by atoms with E-state index in [1.165, 1.54) is 0 Å². The normalized spacial score (nSPS) is 11.6. The van der Waals surface area contributed by atoms with Gasteiger partial charge in [-0.2, -0.15) is 0 Å². The van der Waals surface area contributed by atoms with E-state index >= 15 is 0 Å². The van der Waals surface area contributed by atoms with Crippen LogP contribution in [0.1, 0.15) is 5.56 Å². The Balaban J connectivity index is 1.60. The fourth-order valence-electron chi connectivity index (χ4n) is 2.16. The van der Waals surface area contributed by atoms with Crippen LogP contribution in [0, 0.1) is 0 Å². The van der Waals surface area contributed by atoms with Gasteiger partial charge in [0, 0.05) is 35.9 Å². The first-order valence-electron chi connectivity index (χ1n) is 8.21. The maximum atomic E-state index is 12.0. The van der Waals surface area contributed by atoms with Gasteiger partial charge in [-0.1, -0.05) is 48.5 Å². The summed E-state index contributed by atoms with van der Waals surface area (Å²) in [5, 5.41) is 2.79. The van der Waals surface area contributed by atoms with Crippen molar-refractivity contribution in [3.05, 3.63) is 66.2 Å². The van der Waals surface area contributed by atoms with Gasteiger partial charge in [0.05, 0.1) is 6.54 Å². The molecule has 0 radical (unpaired) electrons. The maximum Gasteiger partial charge on any atom is 0.317 e. The average Bonchev–Trinajstić information content (AvgIpc) is 2.63. The zero-order valence-electron chi connectivity index (χ0n) is 14.4. The summed E-state index contributed by atoms with van der Waals surface area (Å²) in [6.07, 6.45) is 0. The molecule has 2 amide bonds. The number of rotatable bonds is 9. The SMILES string of the molecule is CN(CCOc1ccccc1)C(=O)NCCS(=O)Cc1ccccc1. The number of para-hydroxylation sites is 1. The van der Waals surface area contributed by atoms with Crippen LogP contribution in [-0.4, -0.2) is 47.6 Å². The number of nitrogens with zero attached hydrogens (tertiary/aromatic N) is 1. The lowest BCUT2D eigenvalue weighted by molar-refractivity contribution is 0.196. The Morgan fingerprint density at radius 3 is 2.40 bits per heavy atom. The lowest BCUT2D eigenvalue weighted by Gasteiger charge is -2.18. The zero-order valence-corrected chi connectivity index (χ0v) is 15.2. The molecule has 0 saturated carbocycles. The Hall–Kier alpha value is -2.34. The van der Waals surface area contributed by atoms with E-state index in [-0.39, 0.29) is 6.03 Å². The Labute approximate surface area is 151 Å². The van der Waals surface area contributed by atoms with Crippen molar-refractivity contribution in [3.63, 3.8) is 0 Å². The topological polar surface area (TPSA) is 58.6 Å². The number of likely N-dealkylation sites (N-methyl/N-ethyl adjacent to an activating group) is 1. The minimum atomic E-state index is -0.989. The molecule has 0 aliphatic heterocycles. The van der Waals surface area contributed by atoms with Crippen LogP contribution in [0.2, 0.25) is 0 Å². The fraction of sp³-hybridized carbons (Fsp3) is 0.316. The highest BCUT2D eigenvalue weighted by atomic mass is 32.2. The second kappa shape index (κ2) is 10.5. The van der Waals surface area contributed by atoms with Gasteiger partial charge in [-0.3, -0.25) is 4.21 Å². The Bertz CT molecular complexity index is 665. The van der Waals surface area contributed by atoms with Gasteiger partial charge in [0.1, 0.15) is 12.4 Å². The molecule has 2 aromatic carbocycles. The predicted octanol–water partition coefficient (Wildman–Crippen LogP) is 2.66. The molecule has 25 heavy (non-hydrogen) atoms. The van der Waals surface area contributed by atoms with Gasteiger partial charge < -0.3 is 15.0 Å². The largest absolute Gasteiger partial charge is 0.492 e. The van der Waals surface area contributed by atoms with E-state index < -0.39 is 10.8 Å². The molecule has 0 spiro atoms. The highest BCUT2D eigenvalue weighted by Gasteiger charge is 2.09. The second-order valence-electron chi connectivity index (χ2n) is 5.59. The van der Waals surface area contributed by atoms with Crippen LogP contribution in [0.25, 0.3) is 0 Å². The lowest BCUT2D eigenvalue weighted by atomic mass is 10.2. The van der Waals surface area contributed by atoms with Crippen molar-refractivity contribution in [1.29, 1.82) is 0 Å². The zero-order chi connectivity index (χ0) is 17.9. The number of carbonyl (C=O) groups is 1. The number of ether oxygens (including phenoxy) is 1. The summed E-state index contributed by atoms with van der Waals surface area (Å²) < 4.78 is 17.6. The predicted molar refractivity (Wildman–Crippen MR) is 101 cm³/mol. The maximum absolute atomic E-state index is 12.0. The number of hydrogen-bond donors (Lipinski definition) is 1. The molecule has 2 aromatic rings. The first-order valence-corrected chi connectivity index (χ1v) is 9.69. The minimum absolute atomic E-state index is 0.187. The van der Waals surface area contributed by atoms with Gasteiger partial charge in [0.25, 0.3) is 0 Å². The van der Waals surface area contributed by atoms with Gasteiger partial charge in [-0.05, 0) is 17.7 Å². The number of hydrogen-bond acceptors (Lipinski definition) is 3. The molecule has 0 aliphatic rings. The summed E-state index contributed by atoms with van der Waals surface area (Å²) in [5.41, 5.74) is 1.04. The van der Waals surface area contributed by atoms with Gasteiger partial charge in [-0.15, -0.1) is 0 Å². The average molecular weight is 360 g/mol. The van der Waals surface area contributed by atoms with Crippen molar-refractivity contribution in [2.24, 2.45) is 0 Å². The summed E-state index contributed by atoms with van der Waals surface area (Å²) in [7, 11) is 0.724. The number of carbonyl (C=O) groups excluding carboxylic acids is 1. The van der Waals surface area contributed by atoms with Crippen LogP contribution < -0.4 is 10.1 Å². The summed E-state index contributed by atoms with van der Waals surface area (Å²) in [4.78, 5) is 13.5. The van der Waals surface area contributed by atoms with E-state index in [9.17, 15) is 9.00 Å². The molecule has 2 rings (SSSR count). The van der Waals surface area contributed by atoms with Crippen LogP contribution in [0.5, 0.6) is 5.75 Å². The number of nitrogens with one attached hydrogen (secondary N) is 1. The van der Waals surface area contributed by atoms with Crippen molar-refractivity contribution in [3.8, 4) is 5.75 Å². The lowest BCUT2D eigenvalue weighted by Crippen LogP contribution is -2.40. The Morgan fingerprint density at radius 1 is 1.08 bits per heavy atom. The minimum Gasteiger partial charge on any atom is -0.492 e. The molecular weight excluding hydrogens is 336 g/mol. The van der Waals surface area contributed by atoms with Crippen LogP contribution in [0.4, 0.5) is 4.79 Å². The second-order valence-corrected chi connectivity index (χ2v) is 7.17. The van der Waals surface area contributed by atoms with E-state index in [2.05, 4.69) is 5.32 Å². The van der Waals surface area contributed by atoms with Crippen LogP contribution >= 0.6 is 0 Å². The molecular formula is C19H24N2O3S. The molecule has 0 bridgehead atoms. The third kappa shape index (κ3) is 7.39. The Morgan fingerprint density at radius 2 is 1.72 bits per heavy atom. The molecule has 0 aliphatic carbocycles. The summed E-state index contributed by atoms with van der Waals surface area (Å²) >= 11 is 0. The third-order valence-electron chi connectivity index (χ3n) is 3.56. The monoisotopic (exact) mass is 360 g/mol. The van der Waals surface area contributed by atoms with Crippen molar-refractivity contribution < 1.29 is 13.7 Å². The summed E-state index contributed by atoms with van der Waals surface area (Å²) in [5.74, 6) is 1.74. The van der Waals surface area contributed by atoms with Crippen LogP contribution in [0.15, 0.2) is 60.7 Å². The molecule has 1 unspecified atom stereocenters. The number of benzene rings is 2. The van der Waals surface area contributed by atoms with Crippen molar-refractivity contribution >= 4 is 16.8 Å². The molecule has 1 atom stereocenters. The number of urea groups is 1. The third-order valence-corrected chi connectivity index (χ3v) is 4.88. The van der Waals surface area contributed by atoms with Gasteiger partial charge in [0.2, 0.25) is 0 Å². The van der Waals surface area contributed by atoms with E-state index in [1.807, 2.05) is 60.7 Å². The van der Waals surface area contributed by atoms with E-state index in [0.29, 0.717) is 31.2 Å². The molecule has 1 N–H and O–H groups in total. The molecule has 0 fully saturated rings. The van der Waals surface area contributed by atoms with E-state index in [4.69, 9.17) is 4.74 Å². The highest BCUT2D eigenvalue weighted by Crippen LogP contribution is 2.07. The first kappa shape index (κ1) is 19.0. The van der Waals surface area contributed by atoms with Crippen LogP contribution in [-0.2, 0) is 16.6 Å². The van der Waals surface area contributed by atoms with Crippen molar-refractivity contribution in [1.82, 2.24) is 10.2 Å². The summed E-state index contributed by atoms with van der Waals surface area (Å²) in [6, 6.07) is 19.0. The van der Waals surface area contributed by atoms with E-state index in [0.717, 1.165) is 11.3 Å². The summed E-state index contributed by atoms with van der Waals surface area (Å²) in [6.45, 7) is 1.30. The first-order chi connectivity index (χ1) is 12.1.